The Morgan fingerprint density at radius 1 is 1.53 bits per heavy atom. The van der Waals surface area contributed by atoms with Crippen LogP contribution < -0.4 is 10.5 Å². The van der Waals surface area contributed by atoms with Crippen LogP contribution in [0.2, 0.25) is 0 Å². The zero-order valence-corrected chi connectivity index (χ0v) is 10.3. The second kappa shape index (κ2) is 5.75. The van der Waals surface area contributed by atoms with Gasteiger partial charge in [0, 0.05) is 10.9 Å². The summed E-state index contributed by atoms with van der Waals surface area (Å²) in [6.07, 6.45) is 1.37. The van der Waals surface area contributed by atoms with E-state index in [0.29, 0.717) is 13.0 Å². The Morgan fingerprint density at radius 2 is 2.27 bits per heavy atom. The highest BCUT2D eigenvalue weighted by molar-refractivity contribution is 9.10. The van der Waals surface area contributed by atoms with Crippen molar-refractivity contribution in [1.82, 2.24) is 0 Å². The molecule has 0 unspecified atom stereocenters. The van der Waals surface area contributed by atoms with Crippen LogP contribution in [0.1, 0.15) is 18.4 Å². The zero-order valence-electron chi connectivity index (χ0n) is 8.72. The van der Waals surface area contributed by atoms with Gasteiger partial charge in [-0.15, -0.1) is 0 Å². The minimum atomic E-state index is 0.213. The first-order chi connectivity index (χ1) is 7.09. The molecule has 0 aliphatic rings. The third kappa shape index (κ3) is 4.34. The van der Waals surface area contributed by atoms with Crippen molar-refractivity contribution in [3.8, 4) is 5.75 Å². The number of hydrogen-bond acceptors (Lipinski definition) is 2. The van der Waals surface area contributed by atoms with Gasteiger partial charge in [0.2, 0.25) is 0 Å². The molecule has 1 rings (SSSR count). The van der Waals surface area contributed by atoms with Crippen LogP contribution in [0, 0.1) is 12.3 Å². The third-order valence-corrected chi connectivity index (χ3v) is 2.49. The maximum Gasteiger partial charge on any atom is 0.123 e. The predicted octanol–water partition coefficient (Wildman–Crippen LogP) is 2.85. The number of aryl methyl sites for hydroxylation is 1. The molecule has 0 radical (unpaired) electrons. The molecule has 1 aromatic rings. The maximum atomic E-state index is 7.07. The number of nitrogens with one attached hydrogen (secondary N) is 1. The Hall–Kier alpha value is -1.03. The van der Waals surface area contributed by atoms with Crippen molar-refractivity contribution in [3.05, 3.63) is 28.2 Å². The topological polar surface area (TPSA) is 59.1 Å². The minimum absolute atomic E-state index is 0.213. The van der Waals surface area contributed by atoms with E-state index in [9.17, 15) is 0 Å². The summed E-state index contributed by atoms with van der Waals surface area (Å²) in [6.45, 7) is 2.60. The first-order valence-electron chi connectivity index (χ1n) is 4.81. The molecule has 0 amide bonds. The highest BCUT2D eigenvalue weighted by Crippen LogP contribution is 2.22. The van der Waals surface area contributed by atoms with Gasteiger partial charge in [0.15, 0.2) is 0 Å². The SMILES string of the molecule is Cc1ccc(Br)cc1OCCCC(=N)N. The van der Waals surface area contributed by atoms with Crippen molar-refractivity contribution in [2.24, 2.45) is 5.73 Å². The zero-order chi connectivity index (χ0) is 11.3. The van der Waals surface area contributed by atoms with E-state index in [4.69, 9.17) is 15.9 Å². The van der Waals surface area contributed by atoms with Gasteiger partial charge in [-0.05, 0) is 31.0 Å². The quantitative estimate of drug-likeness (QED) is 0.491. The van der Waals surface area contributed by atoms with Crippen LogP contribution in [0.5, 0.6) is 5.75 Å². The maximum absolute atomic E-state index is 7.07. The van der Waals surface area contributed by atoms with Gasteiger partial charge in [-0.1, -0.05) is 22.0 Å². The Labute approximate surface area is 98.3 Å². The van der Waals surface area contributed by atoms with Gasteiger partial charge in [-0.2, -0.15) is 0 Å². The Balaban J connectivity index is 2.43. The van der Waals surface area contributed by atoms with Crippen LogP contribution in [-0.2, 0) is 0 Å². The highest BCUT2D eigenvalue weighted by Gasteiger charge is 2.00. The minimum Gasteiger partial charge on any atom is -0.493 e. The third-order valence-electron chi connectivity index (χ3n) is 2.00. The molecular formula is C11H15BrN2O. The molecule has 0 aliphatic carbocycles. The molecular weight excluding hydrogens is 256 g/mol. The number of benzene rings is 1. The van der Waals surface area contributed by atoms with Crippen LogP contribution in [0.4, 0.5) is 0 Å². The van der Waals surface area contributed by atoms with E-state index in [0.717, 1.165) is 22.2 Å². The van der Waals surface area contributed by atoms with E-state index < -0.39 is 0 Å². The molecule has 0 spiro atoms. The average molecular weight is 271 g/mol. The lowest BCUT2D eigenvalue weighted by Gasteiger charge is -2.08. The van der Waals surface area contributed by atoms with E-state index in [-0.39, 0.29) is 5.84 Å². The summed E-state index contributed by atoms with van der Waals surface area (Å²) < 4.78 is 6.59. The number of nitrogens with two attached hydrogens (primary N) is 1. The van der Waals surface area contributed by atoms with Crippen molar-refractivity contribution in [3.63, 3.8) is 0 Å². The number of rotatable bonds is 5. The smallest absolute Gasteiger partial charge is 0.123 e. The van der Waals surface area contributed by atoms with E-state index >= 15 is 0 Å². The second-order valence-electron chi connectivity index (χ2n) is 3.39. The number of amidine groups is 1. The molecule has 0 atom stereocenters. The monoisotopic (exact) mass is 270 g/mol. The fourth-order valence-electron chi connectivity index (χ4n) is 1.17. The average Bonchev–Trinajstić information content (AvgIpc) is 2.17. The van der Waals surface area contributed by atoms with E-state index in [2.05, 4.69) is 15.9 Å². The summed E-state index contributed by atoms with van der Waals surface area (Å²) in [4.78, 5) is 0. The van der Waals surface area contributed by atoms with Crippen molar-refractivity contribution in [1.29, 1.82) is 5.41 Å². The molecule has 3 N–H and O–H groups in total. The van der Waals surface area contributed by atoms with Crippen LogP contribution in [0.3, 0.4) is 0 Å². The van der Waals surface area contributed by atoms with Crippen LogP contribution in [0.15, 0.2) is 22.7 Å². The molecule has 0 saturated carbocycles. The molecule has 0 bridgehead atoms. The normalized spacial score (nSPS) is 10.0. The van der Waals surface area contributed by atoms with Gasteiger partial charge in [0.1, 0.15) is 5.75 Å². The lowest BCUT2D eigenvalue weighted by molar-refractivity contribution is 0.311. The first kappa shape index (κ1) is 12.0. The standard InChI is InChI=1S/C11H15BrN2O/c1-8-4-5-9(12)7-10(8)15-6-2-3-11(13)14/h4-5,7H,2-3,6H2,1H3,(H3,13,14). The van der Waals surface area contributed by atoms with Gasteiger partial charge >= 0.3 is 0 Å². The van der Waals surface area contributed by atoms with Gasteiger partial charge in [-0.3, -0.25) is 5.41 Å². The fourth-order valence-corrected chi connectivity index (χ4v) is 1.51. The lowest BCUT2D eigenvalue weighted by Crippen LogP contribution is -2.11. The summed E-state index contributed by atoms with van der Waals surface area (Å²) in [5.74, 6) is 1.09. The van der Waals surface area contributed by atoms with Gasteiger partial charge in [-0.25, -0.2) is 0 Å². The molecule has 15 heavy (non-hydrogen) atoms. The molecule has 0 aliphatic heterocycles. The molecule has 1 aromatic carbocycles. The fraction of sp³-hybridized carbons (Fsp3) is 0.364. The molecule has 0 aromatic heterocycles. The Kier molecular flexibility index (Phi) is 4.62. The highest BCUT2D eigenvalue weighted by atomic mass is 79.9. The molecule has 0 saturated heterocycles. The molecule has 3 nitrogen and oxygen atoms in total. The van der Waals surface area contributed by atoms with E-state index in [1.54, 1.807) is 0 Å². The molecule has 0 heterocycles. The van der Waals surface area contributed by atoms with Crippen LogP contribution in [-0.4, -0.2) is 12.4 Å². The van der Waals surface area contributed by atoms with Crippen molar-refractivity contribution < 1.29 is 4.74 Å². The van der Waals surface area contributed by atoms with E-state index in [1.165, 1.54) is 0 Å². The number of halogens is 1. The molecule has 82 valence electrons. The summed E-state index contributed by atoms with van der Waals surface area (Å²) in [7, 11) is 0. The van der Waals surface area contributed by atoms with Crippen LogP contribution >= 0.6 is 15.9 Å². The number of hydrogen-bond donors (Lipinski definition) is 2. The van der Waals surface area contributed by atoms with E-state index in [1.807, 2.05) is 25.1 Å². The Bertz CT molecular complexity index is 352. The second-order valence-corrected chi connectivity index (χ2v) is 4.30. The molecule has 0 fully saturated rings. The van der Waals surface area contributed by atoms with Crippen molar-refractivity contribution in [2.75, 3.05) is 6.61 Å². The largest absolute Gasteiger partial charge is 0.493 e. The predicted molar refractivity (Wildman–Crippen MR) is 65.5 cm³/mol. The Morgan fingerprint density at radius 3 is 2.93 bits per heavy atom. The first-order valence-corrected chi connectivity index (χ1v) is 5.61. The van der Waals surface area contributed by atoms with Crippen molar-refractivity contribution in [2.45, 2.75) is 19.8 Å². The summed E-state index contributed by atoms with van der Waals surface area (Å²) in [6, 6.07) is 5.94. The summed E-state index contributed by atoms with van der Waals surface area (Å²) >= 11 is 3.39. The van der Waals surface area contributed by atoms with Crippen molar-refractivity contribution >= 4 is 21.8 Å². The van der Waals surface area contributed by atoms with Gasteiger partial charge in [0.05, 0.1) is 12.4 Å². The lowest BCUT2D eigenvalue weighted by atomic mass is 10.2. The van der Waals surface area contributed by atoms with Gasteiger partial charge in [0.25, 0.3) is 0 Å². The summed E-state index contributed by atoms with van der Waals surface area (Å²) in [5.41, 5.74) is 6.36. The number of ether oxygens (including phenoxy) is 1. The summed E-state index contributed by atoms with van der Waals surface area (Å²) in [5, 5.41) is 7.07. The van der Waals surface area contributed by atoms with Crippen LogP contribution in [0.25, 0.3) is 0 Å². The molecule has 4 heteroatoms. The van der Waals surface area contributed by atoms with Gasteiger partial charge < -0.3 is 10.5 Å².